The van der Waals surface area contributed by atoms with Crippen LogP contribution in [0, 0.1) is 0 Å². The van der Waals surface area contributed by atoms with Gasteiger partial charge in [-0.05, 0) is 13.3 Å². The second kappa shape index (κ2) is 7.08. The molecule has 0 saturated carbocycles. The van der Waals surface area contributed by atoms with Gasteiger partial charge in [-0.1, -0.05) is 6.92 Å². The van der Waals surface area contributed by atoms with E-state index in [1.54, 1.807) is 0 Å². The van der Waals surface area contributed by atoms with Crippen LogP contribution in [-0.4, -0.2) is 54.4 Å². The van der Waals surface area contributed by atoms with Gasteiger partial charge in [-0.25, -0.2) is 0 Å². The fraction of sp³-hybridized carbons (Fsp3) is 0.750. The molecule has 19 heavy (non-hydrogen) atoms. The van der Waals surface area contributed by atoms with Gasteiger partial charge in [-0.15, -0.1) is 0 Å². The summed E-state index contributed by atoms with van der Waals surface area (Å²) in [5.74, 6) is 1.21. The van der Waals surface area contributed by atoms with E-state index < -0.39 is 0 Å². The van der Waals surface area contributed by atoms with Crippen molar-refractivity contribution in [3.8, 4) is 6.01 Å². The smallest absolute Gasteiger partial charge is 0.323 e. The maximum atomic E-state index is 5.51. The molecule has 1 saturated heterocycles. The Balaban J connectivity index is 2.17. The molecule has 0 spiro atoms. The highest BCUT2D eigenvalue weighted by Crippen LogP contribution is 2.16. The van der Waals surface area contributed by atoms with Gasteiger partial charge < -0.3 is 19.7 Å². The number of hydrogen-bond donors (Lipinski definition) is 1. The van der Waals surface area contributed by atoms with Gasteiger partial charge in [0.25, 0.3) is 0 Å². The molecular weight excluding hydrogens is 246 g/mol. The van der Waals surface area contributed by atoms with Crippen LogP contribution in [0.2, 0.25) is 0 Å². The van der Waals surface area contributed by atoms with Gasteiger partial charge in [0.15, 0.2) is 0 Å². The summed E-state index contributed by atoms with van der Waals surface area (Å²) in [6.07, 6.45) is 0.926. The number of nitrogens with zero attached hydrogens (tertiary/aromatic N) is 4. The number of ether oxygens (including phenoxy) is 2. The molecule has 1 fully saturated rings. The van der Waals surface area contributed by atoms with Crippen LogP contribution >= 0.6 is 0 Å². The standard InChI is InChI=1S/C12H21N5O2/c1-3-7-19-12-15-10(13-4-2)14-11(16-12)17-5-8-18-9-6-17/h3-9H2,1-2H3,(H,13,14,15,16). The maximum Gasteiger partial charge on any atom is 0.323 e. The Hall–Kier alpha value is -1.63. The van der Waals surface area contributed by atoms with Gasteiger partial charge in [0.2, 0.25) is 11.9 Å². The average molecular weight is 267 g/mol. The summed E-state index contributed by atoms with van der Waals surface area (Å²) in [5, 5.41) is 3.10. The van der Waals surface area contributed by atoms with Crippen molar-refractivity contribution in [3.05, 3.63) is 0 Å². The summed E-state index contributed by atoms with van der Waals surface area (Å²) in [7, 11) is 0. The highest BCUT2D eigenvalue weighted by molar-refractivity contribution is 5.38. The first-order valence-electron chi connectivity index (χ1n) is 6.79. The highest BCUT2D eigenvalue weighted by atomic mass is 16.5. The van der Waals surface area contributed by atoms with Crippen LogP contribution in [0.5, 0.6) is 6.01 Å². The van der Waals surface area contributed by atoms with E-state index in [1.165, 1.54) is 0 Å². The normalized spacial score (nSPS) is 15.4. The molecule has 7 nitrogen and oxygen atoms in total. The van der Waals surface area contributed by atoms with E-state index in [4.69, 9.17) is 9.47 Å². The molecule has 0 atom stereocenters. The fourth-order valence-corrected chi connectivity index (χ4v) is 1.75. The minimum atomic E-state index is 0.384. The molecule has 0 amide bonds. The number of rotatable bonds is 6. The quantitative estimate of drug-likeness (QED) is 0.822. The molecule has 1 aliphatic heterocycles. The second-order valence-electron chi connectivity index (χ2n) is 4.22. The van der Waals surface area contributed by atoms with Crippen LogP contribution in [0.3, 0.4) is 0 Å². The van der Waals surface area contributed by atoms with Crippen molar-refractivity contribution in [2.24, 2.45) is 0 Å². The van der Waals surface area contributed by atoms with Gasteiger partial charge in [0.05, 0.1) is 19.8 Å². The summed E-state index contributed by atoms with van der Waals surface area (Å²) in [6.45, 7) is 8.42. The van der Waals surface area contributed by atoms with E-state index in [9.17, 15) is 0 Å². The third-order valence-electron chi connectivity index (χ3n) is 2.67. The predicted molar refractivity (Wildman–Crippen MR) is 72.8 cm³/mol. The Labute approximate surface area is 113 Å². The molecule has 1 aromatic rings. The van der Waals surface area contributed by atoms with Gasteiger partial charge in [-0.2, -0.15) is 15.0 Å². The van der Waals surface area contributed by atoms with Crippen LogP contribution in [-0.2, 0) is 4.74 Å². The summed E-state index contributed by atoms with van der Waals surface area (Å²) in [5.41, 5.74) is 0. The molecule has 7 heteroatoms. The van der Waals surface area contributed by atoms with E-state index in [0.29, 0.717) is 37.7 Å². The SMILES string of the molecule is CCCOc1nc(NCC)nc(N2CCOCC2)n1. The number of nitrogens with one attached hydrogen (secondary N) is 1. The van der Waals surface area contributed by atoms with Crippen LogP contribution in [0.25, 0.3) is 0 Å². The zero-order chi connectivity index (χ0) is 13.5. The third-order valence-corrected chi connectivity index (χ3v) is 2.67. The first kappa shape index (κ1) is 13.8. The Bertz CT molecular complexity index is 396. The lowest BCUT2D eigenvalue weighted by Gasteiger charge is -2.26. The highest BCUT2D eigenvalue weighted by Gasteiger charge is 2.16. The zero-order valence-electron chi connectivity index (χ0n) is 11.6. The molecular formula is C12H21N5O2. The fourth-order valence-electron chi connectivity index (χ4n) is 1.75. The summed E-state index contributed by atoms with van der Waals surface area (Å²) in [6, 6.07) is 0.384. The number of hydrogen-bond acceptors (Lipinski definition) is 7. The predicted octanol–water partition coefficient (Wildman–Crippen LogP) is 0.929. The average Bonchev–Trinajstić information content (AvgIpc) is 2.46. The topological polar surface area (TPSA) is 72.4 Å². The van der Waals surface area contributed by atoms with Crippen molar-refractivity contribution >= 4 is 11.9 Å². The van der Waals surface area contributed by atoms with Crippen LogP contribution in [0.15, 0.2) is 0 Å². The van der Waals surface area contributed by atoms with Gasteiger partial charge in [-0.3, -0.25) is 0 Å². The summed E-state index contributed by atoms with van der Waals surface area (Å²) >= 11 is 0. The van der Waals surface area contributed by atoms with Crippen molar-refractivity contribution in [1.29, 1.82) is 0 Å². The van der Waals surface area contributed by atoms with Crippen molar-refractivity contribution < 1.29 is 9.47 Å². The molecule has 0 aliphatic carbocycles. The Morgan fingerprint density at radius 1 is 1.21 bits per heavy atom. The minimum Gasteiger partial charge on any atom is -0.463 e. The first-order valence-corrected chi connectivity index (χ1v) is 6.79. The molecule has 0 radical (unpaired) electrons. The molecule has 1 aliphatic rings. The minimum absolute atomic E-state index is 0.384. The van der Waals surface area contributed by atoms with E-state index in [1.807, 2.05) is 6.92 Å². The molecule has 0 bridgehead atoms. The summed E-state index contributed by atoms with van der Waals surface area (Å²) in [4.78, 5) is 15.1. The largest absolute Gasteiger partial charge is 0.463 e. The monoisotopic (exact) mass is 267 g/mol. The van der Waals surface area contributed by atoms with Gasteiger partial charge in [0.1, 0.15) is 0 Å². The van der Waals surface area contributed by atoms with Crippen molar-refractivity contribution in [2.45, 2.75) is 20.3 Å². The van der Waals surface area contributed by atoms with Crippen molar-refractivity contribution in [2.75, 3.05) is 49.7 Å². The second-order valence-corrected chi connectivity index (χ2v) is 4.22. The molecule has 0 unspecified atom stereocenters. The Morgan fingerprint density at radius 2 is 2.00 bits per heavy atom. The van der Waals surface area contributed by atoms with E-state index in [-0.39, 0.29) is 0 Å². The lowest BCUT2D eigenvalue weighted by atomic mass is 10.4. The Kier molecular flexibility index (Phi) is 5.14. The molecule has 1 N–H and O–H groups in total. The zero-order valence-corrected chi connectivity index (χ0v) is 11.6. The molecule has 0 aromatic carbocycles. The lowest BCUT2D eigenvalue weighted by Crippen LogP contribution is -2.37. The van der Waals surface area contributed by atoms with Gasteiger partial charge >= 0.3 is 6.01 Å². The molecule has 2 rings (SSSR count). The first-order chi connectivity index (χ1) is 9.33. The van der Waals surface area contributed by atoms with Crippen molar-refractivity contribution in [3.63, 3.8) is 0 Å². The van der Waals surface area contributed by atoms with E-state index in [0.717, 1.165) is 26.1 Å². The van der Waals surface area contributed by atoms with Gasteiger partial charge in [0, 0.05) is 19.6 Å². The molecule has 1 aromatic heterocycles. The number of morpholine rings is 1. The third kappa shape index (κ3) is 3.92. The van der Waals surface area contributed by atoms with E-state index in [2.05, 4.69) is 32.1 Å². The van der Waals surface area contributed by atoms with Crippen LogP contribution in [0.4, 0.5) is 11.9 Å². The van der Waals surface area contributed by atoms with E-state index >= 15 is 0 Å². The van der Waals surface area contributed by atoms with Crippen molar-refractivity contribution in [1.82, 2.24) is 15.0 Å². The Morgan fingerprint density at radius 3 is 2.68 bits per heavy atom. The maximum absolute atomic E-state index is 5.51. The summed E-state index contributed by atoms with van der Waals surface area (Å²) < 4.78 is 10.8. The lowest BCUT2D eigenvalue weighted by molar-refractivity contribution is 0.122. The molecule has 2 heterocycles. The van der Waals surface area contributed by atoms with Crippen LogP contribution in [0.1, 0.15) is 20.3 Å². The van der Waals surface area contributed by atoms with Crippen LogP contribution < -0.4 is 15.0 Å². The number of aromatic nitrogens is 3. The number of anilines is 2. The molecule has 106 valence electrons.